The molecule has 0 spiro atoms. The maximum absolute atomic E-state index is 5.81. The summed E-state index contributed by atoms with van der Waals surface area (Å²) in [6, 6.07) is 15.1. The third-order valence-electron chi connectivity index (χ3n) is 7.35. The fourth-order valence-corrected chi connectivity index (χ4v) is 5.17. The monoisotopic (exact) mass is 496 g/mol. The summed E-state index contributed by atoms with van der Waals surface area (Å²) < 4.78 is 12.9. The molecule has 2 N–H and O–H groups in total. The third kappa shape index (κ3) is 4.04. The molecule has 0 saturated carbocycles. The summed E-state index contributed by atoms with van der Waals surface area (Å²) in [5, 5.41) is 8.99. The van der Waals surface area contributed by atoms with Crippen molar-refractivity contribution < 1.29 is 9.47 Å². The maximum atomic E-state index is 5.81. The van der Waals surface area contributed by atoms with Crippen molar-refractivity contribution in [3.63, 3.8) is 0 Å². The number of aromatic amines is 1. The summed E-state index contributed by atoms with van der Waals surface area (Å²) in [5.41, 5.74) is 5.50. The van der Waals surface area contributed by atoms with E-state index in [-0.39, 0.29) is 0 Å². The Morgan fingerprint density at radius 1 is 1.05 bits per heavy atom. The van der Waals surface area contributed by atoms with E-state index in [2.05, 4.69) is 66.6 Å². The van der Waals surface area contributed by atoms with Gasteiger partial charge >= 0.3 is 0 Å². The molecular formula is C27H28N8O2. The first-order valence-electron chi connectivity index (χ1n) is 12.5. The standard InChI is InChI=1S/C27H28N8O2/c1-36-25-13-20(4-5-24(25)34-10-8-33(9-11-34)21-15-37-16-21)31-26-27-29-17-30-35(27)14-23(32-26)19-3-2-18-6-7-28-22(18)12-19/h2-7,12-14,17,21,28H,8-11,15-16H2,1H3,(H,31,32). The number of methoxy groups -OCH3 is 1. The third-order valence-corrected chi connectivity index (χ3v) is 7.35. The Kier molecular flexibility index (Phi) is 5.40. The predicted molar refractivity (Wildman–Crippen MR) is 143 cm³/mol. The van der Waals surface area contributed by atoms with Gasteiger partial charge in [0.1, 0.15) is 12.1 Å². The van der Waals surface area contributed by atoms with Crippen molar-refractivity contribution >= 4 is 33.7 Å². The number of benzene rings is 2. The minimum Gasteiger partial charge on any atom is -0.495 e. The maximum Gasteiger partial charge on any atom is 0.198 e. The van der Waals surface area contributed by atoms with Crippen LogP contribution in [-0.4, -0.2) is 82.0 Å². The van der Waals surface area contributed by atoms with Crippen LogP contribution in [0.1, 0.15) is 0 Å². The van der Waals surface area contributed by atoms with Gasteiger partial charge in [-0.25, -0.2) is 14.5 Å². The summed E-state index contributed by atoms with van der Waals surface area (Å²) in [6.45, 7) is 5.72. The van der Waals surface area contributed by atoms with E-state index < -0.39 is 0 Å². The molecule has 10 nitrogen and oxygen atoms in total. The number of nitrogens with zero attached hydrogens (tertiary/aromatic N) is 6. The number of hydrogen-bond donors (Lipinski definition) is 2. The molecule has 0 atom stereocenters. The number of ether oxygens (including phenoxy) is 2. The molecule has 5 aromatic rings. The highest BCUT2D eigenvalue weighted by Gasteiger charge is 2.29. The van der Waals surface area contributed by atoms with Crippen LogP contribution in [0.25, 0.3) is 27.8 Å². The van der Waals surface area contributed by atoms with Gasteiger partial charge in [-0.1, -0.05) is 12.1 Å². The van der Waals surface area contributed by atoms with Crippen molar-refractivity contribution in [1.82, 2.24) is 29.5 Å². The SMILES string of the molecule is COc1cc(Nc2nc(-c3ccc4cc[nH]c4c3)cn3ncnc23)ccc1N1CCN(C2COC2)CC1. The Morgan fingerprint density at radius 2 is 1.95 bits per heavy atom. The number of aromatic nitrogens is 5. The topological polar surface area (TPSA) is 95.8 Å². The minimum absolute atomic E-state index is 0.581. The summed E-state index contributed by atoms with van der Waals surface area (Å²) in [7, 11) is 1.72. The minimum atomic E-state index is 0.581. The van der Waals surface area contributed by atoms with Crippen LogP contribution in [0.4, 0.5) is 17.2 Å². The van der Waals surface area contributed by atoms with E-state index in [0.717, 1.165) is 78.7 Å². The van der Waals surface area contributed by atoms with Crippen molar-refractivity contribution in [1.29, 1.82) is 0 Å². The summed E-state index contributed by atoms with van der Waals surface area (Å²) in [4.78, 5) is 17.5. The summed E-state index contributed by atoms with van der Waals surface area (Å²) >= 11 is 0. The van der Waals surface area contributed by atoms with E-state index in [0.29, 0.717) is 17.5 Å². The van der Waals surface area contributed by atoms with E-state index in [4.69, 9.17) is 14.5 Å². The predicted octanol–water partition coefficient (Wildman–Crippen LogP) is 3.55. The molecule has 2 saturated heterocycles. The molecule has 10 heteroatoms. The van der Waals surface area contributed by atoms with Crippen LogP contribution in [0.15, 0.2) is 61.2 Å². The van der Waals surface area contributed by atoms with Crippen molar-refractivity contribution in [2.24, 2.45) is 0 Å². The van der Waals surface area contributed by atoms with Crippen molar-refractivity contribution in [2.45, 2.75) is 6.04 Å². The molecule has 0 amide bonds. The zero-order valence-electron chi connectivity index (χ0n) is 20.6. The summed E-state index contributed by atoms with van der Waals surface area (Å²) in [5.74, 6) is 1.46. The Morgan fingerprint density at radius 3 is 2.76 bits per heavy atom. The van der Waals surface area contributed by atoms with Crippen LogP contribution < -0.4 is 15.0 Å². The number of piperazine rings is 1. The van der Waals surface area contributed by atoms with Gasteiger partial charge in [0, 0.05) is 55.2 Å². The smallest absolute Gasteiger partial charge is 0.198 e. The molecule has 0 radical (unpaired) electrons. The molecule has 0 unspecified atom stereocenters. The van der Waals surface area contributed by atoms with E-state index >= 15 is 0 Å². The lowest BCUT2D eigenvalue weighted by Gasteiger charge is -2.43. The molecule has 2 fully saturated rings. The molecule has 0 bridgehead atoms. The van der Waals surface area contributed by atoms with E-state index in [9.17, 15) is 0 Å². The van der Waals surface area contributed by atoms with E-state index in [1.54, 1.807) is 18.0 Å². The van der Waals surface area contributed by atoms with Gasteiger partial charge in [0.05, 0.1) is 43.9 Å². The van der Waals surface area contributed by atoms with Crippen LogP contribution in [0.2, 0.25) is 0 Å². The molecule has 2 aromatic carbocycles. The molecule has 0 aliphatic carbocycles. The van der Waals surface area contributed by atoms with Crippen molar-refractivity contribution in [3.05, 3.63) is 61.2 Å². The number of fused-ring (bicyclic) bond motifs is 2. The number of H-pyrrole nitrogens is 1. The highest BCUT2D eigenvalue weighted by Crippen LogP contribution is 2.34. The lowest BCUT2D eigenvalue weighted by Crippen LogP contribution is -2.56. The second-order valence-corrected chi connectivity index (χ2v) is 9.51. The Labute approximate surface area is 213 Å². The molecule has 2 aliphatic heterocycles. The second-order valence-electron chi connectivity index (χ2n) is 9.51. The quantitative estimate of drug-likeness (QED) is 0.369. The highest BCUT2D eigenvalue weighted by atomic mass is 16.5. The first-order chi connectivity index (χ1) is 18.2. The second kappa shape index (κ2) is 9.06. The zero-order valence-corrected chi connectivity index (χ0v) is 20.6. The van der Waals surface area contributed by atoms with Crippen LogP contribution >= 0.6 is 0 Å². The normalized spacial score (nSPS) is 16.8. The van der Waals surface area contributed by atoms with E-state index in [1.165, 1.54) is 0 Å². The van der Waals surface area contributed by atoms with Gasteiger partial charge in [-0.15, -0.1) is 0 Å². The molecule has 37 heavy (non-hydrogen) atoms. The average Bonchev–Trinajstić information content (AvgIpc) is 3.57. The van der Waals surface area contributed by atoms with Gasteiger partial charge in [-0.2, -0.15) is 5.10 Å². The Hall–Kier alpha value is -4.15. The van der Waals surface area contributed by atoms with Gasteiger partial charge in [-0.05, 0) is 29.7 Å². The molecule has 2 aliphatic rings. The van der Waals surface area contributed by atoms with Crippen LogP contribution in [0.3, 0.4) is 0 Å². The Balaban J connectivity index is 1.16. The molecule has 3 aromatic heterocycles. The number of hydrogen-bond acceptors (Lipinski definition) is 8. The van der Waals surface area contributed by atoms with Crippen molar-refractivity contribution in [3.8, 4) is 17.0 Å². The van der Waals surface area contributed by atoms with Gasteiger partial charge in [0.25, 0.3) is 0 Å². The lowest BCUT2D eigenvalue weighted by molar-refractivity contribution is -0.0660. The van der Waals surface area contributed by atoms with E-state index in [1.807, 2.05) is 18.5 Å². The van der Waals surface area contributed by atoms with Crippen LogP contribution in [-0.2, 0) is 4.74 Å². The number of nitrogens with one attached hydrogen (secondary N) is 2. The molecule has 188 valence electrons. The Bertz CT molecular complexity index is 1570. The van der Waals surface area contributed by atoms with Gasteiger partial charge in [0.2, 0.25) is 0 Å². The average molecular weight is 497 g/mol. The first kappa shape index (κ1) is 22.1. The lowest BCUT2D eigenvalue weighted by atomic mass is 10.1. The number of anilines is 3. The van der Waals surface area contributed by atoms with Crippen LogP contribution in [0.5, 0.6) is 5.75 Å². The van der Waals surface area contributed by atoms with Crippen LogP contribution in [0, 0.1) is 0 Å². The molecular weight excluding hydrogens is 468 g/mol. The fourth-order valence-electron chi connectivity index (χ4n) is 5.17. The molecule has 7 rings (SSSR count). The first-order valence-corrected chi connectivity index (χ1v) is 12.5. The highest BCUT2D eigenvalue weighted by molar-refractivity contribution is 5.85. The fraction of sp³-hybridized carbons (Fsp3) is 0.296. The number of rotatable bonds is 6. The van der Waals surface area contributed by atoms with Gasteiger partial charge in [0.15, 0.2) is 11.5 Å². The zero-order chi connectivity index (χ0) is 24.8. The summed E-state index contributed by atoms with van der Waals surface area (Å²) in [6.07, 6.45) is 5.38. The molecule has 5 heterocycles. The largest absolute Gasteiger partial charge is 0.495 e. The van der Waals surface area contributed by atoms with Gasteiger partial charge in [-0.3, -0.25) is 4.90 Å². The van der Waals surface area contributed by atoms with Gasteiger partial charge < -0.3 is 24.7 Å². The van der Waals surface area contributed by atoms with Crippen molar-refractivity contribution in [2.75, 3.05) is 56.7 Å².